The lowest BCUT2D eigenvalue weighted by Gasteiger charge is -2.29. The molecule has 0 radical (unpaired) electrons. The van der Waals surface area contributed by atoms with Crippen molar-refractivity contribution in [3.05, 3.63) is 23.5 Å². The molecule has 1 fully saturated rings. The zero-order chi connectivity index (χ0) is 14.2. The highest BCUT2D eigenvalue weighted by atomic mass is 19.1. The molecule has 0 aromatic heterocycles. The van der Waals surface area contributed by atoms with Crippen LogP contribution < -0.4 is 10.6 Å². The van der Waals surface area contributed by atoms with E-state index < -0.39 is 0 Å². The molecule has 0 aliphatic carbocycles. The molecule has 2 rings (SSSR count). The molecule has 1 atom stereocenters. The SMILES string of the molecule is Cc1cc(N2CCCC2C(=O)N(C)C)c(N)cc1F. The number of benzene rings is 1. The number of nitrogens with two attached hydrogens (primary N) is 1. The first-order valence-corrected chi connectivity index (χ1v) is 6.45. The summed E-state index contributed by atoms with van der Waals surface area (Å²) in [5.41, 5.74) is 7.60. The van der Waals surface area contributed by atoms with E-state index in [1.807, 2.05) is 4.90 Å². The smallest absolute Gasteiger partial charge is 0.244 e. The number of halogens is 1. The predicted molar refractivity (Wildman–Crippen MR) is 74.6 cm³/mol. The number of likely N-dealkylation sites (N-methyl/N-ethyl adjacent to an activating group) is 1. The number of hydrogen-bond acceptors (Lipinski definition) is 3. The first kappa shape index (κ1) is 13.6. The quantitative estimate of drug-likeness (QED) is 0.829. The minimum atomic E-state index is -0.309. The van der Waals surface area contributed by atoms with Crippen LogP contribution in [0.2, 0.25) is 0 Å². The summed E-state index contributed by atoms with van der Waals surface area (Å²) in [6.07, 6.45) is 1.76. The molecule has 2 N–H and O–H groups in total. The van der Waals surface area contributed by atoms with E-state index in [1.54, 1.807) is 32.0 Å². The van der Waals surface area contributed by atoms with Gasteiger partial charge in [0.2, 0.25) is 5.91 Å². The number of carbonyl (C=O) groups excluding carboxylic acids is 1. The van der Waals surface area contributed by atoms with E-state index in [0.717, 1.165) is 25.1 Å². The summed E-state index contributed by atoms with van der Waals surface area (Å²) in [6, 6.07) is 2.87. The van der Waals surface area contributed by atoms with Gasteiger partial charge in [0.05, 0.1) is 11.4 Å². The number of carbonyl (C=O) groups is 1. The van der Waals surface area contributed by atoms with Crippen LogP contribution in [0.4, 0.5) is 15.8 Å². The van der Waals surface area contributed by atoms with Crippen molar-refractivity contribution in [3.8, 4) is 0 Å². The normalized spacial score (nSPS) is 18.7. The van der Waals surface area contributed by atoms with Crippen LogP contribution in [0.1, 0.15) is 18.4 Å². The van der Waals surface area contributed by atoms with Gasteiger partial charge in [-0.15, -0.1) is 0 Å². The summed E-state index contributed by atoms with van der Waals surface area (Å²) in [5, 5.41) is 0. The van der Waals surface area contributed by atoms with Gasteiger partial charge in [-0.3, -0.25) is 4.79 Å². The zero-order valence-corrected chi connectivity index (χ0v) is 11.6. The third-order valence-corrected chi connectivity index (χ3v) is 3.60. The second kappa shape index (κ2) is 5.07. The van der Waals surface area contributed by atoms with E-state index in [-0.39, 0.29) is 17.8 Å². The van der Waals surface area contributed by atoms with Crippen molar-refractivity contribution in [2.75, 3.05) is 31.3 Å². The van der Waals surface area contributed by atoms with Crippen LogP contribution in [-0.4, -0.2) is 37.5 Å². The van der Waals surface area contributed by atoms with E-state index in [1.165, 1.54) is 6.07 Å². The predicted octanol–water partition coefficient (Wildman–Crippen LogP) is 1.77. The number of nitrogens with zero attached hydrogens (tertiary/aromatic N) is 2. The Balaban J connectivity index is 2.35. The van der Waals surface area contributed by atoms with E-state index in [9.17, 15) is 9.18 Å². The van der Waals surface area contributed by atoms with Crippen LogP contribution in [-0.2, 0) is 4.79 Å². The summed E-state index contributed by atoms with van der Waals surface area (Å²) >= 11 is 0. The molecule has 1 aliphatic rings. The van der Waals surface area contributed by atoms with Crippen LogP contribution in [0.3, 0.4) is 0 Å². The number of amides is 1. The molecule has 4 nitrogen and oxygen atoms in total. The minimum absolute atomic E-state index is 0.0684. The molecule has 1 aromatic carbocycles. The summed E-state index contributed by atoms with van der Waals surface area (Å²) in [4.78, 5) is 15.7. The first-order valence-electron chi connectivity index (χ1n) is 6.45. The number of rotatable bonds is 2. The zero-order valence-electron chi connectivity index (χ0n) is 11.6. The van der Waals surface area contributed by atoms with Gasteiger partial charge in [0.25, 0.3) is 0 Å². The summed E-state index contributed by atoms with van der Waals surface area (Å²) < 4.78 is 13.5. The third-order valence-electron chi connectivity index (χ3n) is 3.60. The fourth-order valence-electron chi connectivity index (χ4n) is 2.54. The molecule has 1 heterocycles. The fourth-order valence-corrected chi connectivity index (χ4v) is 2.54. The largest absolute Gasteiger partial charge is 0.397 e. The van der Waals surface area contributed by atoms with Crippen molar-refractivity contribution in [1.82, 2.24) is 4.90 Å². The van der Waals surface area contributed by atoms with Crippen LogP contribution in [0.5, 0.6) is 0 Å². The number of hydrogen-bond donors (Lipinski definition) is 1. The van der Waals surface area contributed by atoms with Gasteiger partial charge in [-0.05, 0) is 37.5 Å². The second-order valence-corrected chi connectivity index (χ2v) is 5.24. The first-order chi connectivity index (χ1) is 8.91. The lowest BCUT2D eigenvalue weighted by molar-refractivity contribution is -0.129. The van der Waals surface area contributed by atoms with Crippen molar-refractivity contribution in [3.63, 3.8) is 0 Å². The van der Waals surface area contributed by atoms with Crippen molar-refractivity contribution in [2.45, 2.75) is 25.8 Å². The Kier molecular flexibility index (Phi) is 3.64. The number of nitrogen functional groups attached to an aromatic ring is 1. The van der Waals surface area contributed by atoms with Crippen LogP contribution in [0.25, 0.3) is 0 Å². The molecule has 1 aromatic rings. The molecule has 0 spiro atoms. The average molecular weight is 265 g/mol. The summed E-state index contributed by atoms with van der Waals surface area (Å²) in [6.45, 7) is 2.48. The van der Waals surface area contributed by atoms with Crippen LogP contribution >= 0.6 is 0 Å². The van der Waals surface area contributed by atoms with Gasteiger partial charge in [-0.2, -0.15) is 0 Å². The maximum absolute atomic E-state index is 13.5. The van der Waals surface area contributed by atoms with Crippen molar-refractivity contribution in [1.29, 1.82) is 0 Å². The Hall–Kier alpha value is -1.78. The monoisotopic (exact) mass is 265 g/mol. The van der Waals surface area contributed by atoms with Gasteiger partial charge in [-0.25, -0.2) is 4.39 Å². The maximum atomic E-state index is 13.5. The van der Waals surface area contributed by atoms with Crippen molar-refractivity contribution >= 4 is 17.3 Å². The summed E-state index contributed by atoms with van der Waals surface area (Å²) in [7, 11) is 3.50. The van der Waals surface area contributed by atoms with Crippen LogP contribution in [0.15, 0.2) is 12.1 Å². The molecule has 104 valence electrons. The fraction of sp³-hybridized carbons (Fsp3) is 0.500. The van der Waals surface area contributed by atoms with E-state index in [0.29, 0.717) is 11.3 Å². The molecule has 1 amide bonds. The molecule has 5 heteroatoms. The molecular formula is C14H20FN3O. The number of aryl methyl sites for hydroxylation is 1. The topological polar surface area (TPSA) is 49.6 Å². The van der Waals surface area contributed by atoms with E-state index in [4.69, 9.17) is 5.73 Å². The van der Waals surface area contributed by atoms with Crippen molar-refractivity contribution in [2.24, 2.45) is 0 Å². The Bertz CT molecular complexity index is 502. The highest BCUT2D eigenvalue weighted by Crippen LogP contribution is 2.32. The van der Waals surface area contributed by atoms with Gasteiger partial charge in [0, 0.05) is 20.6 Å². The second-order valence-electron chi connectivity index (χ2n) is 5.24. The molecule has 0 bridgehead atoms. The molecule has 1 saturated heterocycles. The highest BCUT2D eigenvalue weighted by molar-refractivity contribution is 5.87. The Morgan fingerprint density at radius 3 is 2.79 bits per heavy atom. The molecule has 1 aliphatic heterocycles. The van der Waals surface area contributed by atoms with E-state index in [2.05, 4.69) is 0 Å². The maximum Gasteiger partial charge on any atom is 0.244 e. The lowest BCUT2D eigenvalue weighted by Crippen LogP contribution is -2.43. The van der Waals surface area contributed by atoms with Crippen molar-refractivity contribution < 1.29 is 9.18 Å². The van der Waals surface area contributed by atoms with Gasteiger partial charge in [-0.1, -0.05) is 0 Å². The van der Waals surface area contributed by atoms with Gasteiger partial charge >= 0.3 is 0 Å². The molecule has 1 unspecified atom stereocenters. The summed E-state index contributed by atoms with van der Waals surface area (Å²) in [5.74, 6) is -0.241. The average Bonchev–Trinajstić information content (AvgIpc) is 2.81. The molecule has 0 saturated carbocycles. The third kappa shape index (κ3) is 2.50. The van der Waals surface area contributed by atoms with Gasteiger partial charge in [0.1, 0.15) is 11.9 Å². The van der Waals surface area contributed by atoms with Gasteiger partial charge < -0.3 is 15.5 Å². The van der Waals surface area contributed by atoms with Gasteiger partial charge in [0.15, 0.2) is 0 Å². The highest BCUT2D eigenvalue weighted by Gasteiger charge is 2.32. The number of anilines is 2. The Morgan fingerprint density at radius 1 is 1.47 bits per heavy atom. The van der Waals surface area contributed by atoms with Crippen LogP contribution in [0, 0.1) is 12.7 Å². The standard InChI is InChI=1S/C14H20FN3O/c1-9-7-13(11(16)8-10(9)15)18-6-4-5-12(18)14(19)17(2)3/h7-8,12H,4-6,16H2,1-3H3. The lowest BCUT2D eigenvalue weighted by atomic mass is 10.1. The molecule has 19 heavy (non-hydrogen) atoms. The van der Waals surface area contributed by atoms with E-state index >= 15 is 0 Å². The molecular weight excluding hydrogens is 245 g/mol. The minimum Gasteiger partial charge on any atom is -0.397 e. The Morgan fingerprint density at radius 2 is 2.16 bits per heavy atom. The Labute approximate surface area is 113 Å².